The fourth-order valence-corrected chi connectivity index (χ4v) is 3.18. The average Bonchev–Trinajstić information content (AvgIpc) is 2.79. The van der Waals surface area contributed by atoms with Gasteiger partial charge in [0, 0.05) is 50.7 Å². The highest BCUT2D eigenvalue weighted by Crippen LogP contribution is 2.22. The first-order valence-electron chi connectivity index (χ1n) is 10.2. The van der Waals surface area contributed by atoms with Crippen molar-refractivity contribution in [3.63, 3.8) is 0 Å². The van der Waals surface area contributed by atoms with Gasteiger partial charge >= 0.3 is 0 Å². The fraction of sp³-hybridized carbons (Fsp3) is 0.409. The molecule has 1 saturated heterocycles. The van der Waals surface area contributed by atoms with E-state index in [0.29, 0.717) is 12.2 Å². The van der Waals surface area contributed by atoms with Crippen LogP contribution in [-0.2, 0) is 4.79 Å². The van der Waals surface area contributed by atoms with Gasteiger partial charge in [0.15, 0.2) is 0 Å². The van der Waals surface area contributed by atoms with Crippen LogP contribution in [0.1, 0.15) is 19.8 Å². The van der Waals surface area contributed by atoms with Gasteiger partial charge in [0.25, 0.3) is 5.56 Å². The third kappa shape index (κ3) is 7.04. The molecule has 0 spiro atoms. The number of aromatic amines is 1. The van der Waals surface area contributed by atoms with Crippen molar-refractivity contribution in [1.29, 1.82) is 0 Å². The van der Waals surface area contributed by atoms with Crippen LogP contribution in [0, 0.1) is 0 Å². The number of piperidine rings is 1. The van der Waals surface area contributed by atoms with Crippen LogP contribution < -0.4 is 21.5 Å². The molecule has 8 nitrogen and oxygen atoms in total. The lowest BCUT2D eigenvalue weighted by atomic mass is 10.1. The lowest BCUT2D eigenvalue weighted by Gasteiger charge is -2.30. The number of rotatable bonds is 7. The van der Waals surface area contributed by atoms with Crippen molar-refractivity contribution < 1.29 is 4.79 Å². The molecule has 2 aromatic heterocycles. The number of hydrogen-bond acceptors (Lipinski definition) is 6. The fourth-order valence-electron chi connectivity index (χ4n) is 3.18. The molecule has 0 bridgehead atoms. The molecule has 1 aliphatic rings. The second-order valence-corrected chi connectivity index (χ2v) is 7.02. The molecule has 1 fully saturated rings. The van der Waals surface area contributed by atoms with Crippen LogP contribution in [0.4, 0.5) is 11.5 Å². The molecular weight excluding hydrogens is 380 g/mol. The van der Waals surface area contributed by atoms with Crippen molar-refractivity contribution in [2.75, 3.05) is 44.4 Å². The molecule has 1 amide bonds. The van der Waals surface area contributed by atoms with Gasteiger partial charge in [-0.25, -0.2) is 4.98 Å². The summed E-state index contributed by atoms with van der Waals surface area (Å²) in [6, 6.07) is 5.75. The highest BCUT2D eigenvalue weighted by atomic mass is 16.1. The second kappa shape index (κ2) is 12.4. The maximum absolute atomic E-state index is 12.1. The van der Waals surface area contributed by atoms with Gasteiger partial charge in [-0.15, -0.1) is 0 Å². The zero-order valence-corrected chi connectivity index (χ0v) is 17.9. The average molecular weight is 413 g/mol. The molecule has 0 aliphatic carbocycles. The maximum Gasteiger partial charge on any atom is 0.271 e. The number of nitrogens with one attached hydrogen (secondary N) is 4. The van der Waals surface area contributed by atoms with Crippen molar-refractivity contribution in [2.24, 2.45) is 0 Å². The standard InChI is InChI=1S/C17H21N5O2.C5H11N/c1-18-16-8-12(4-5-19-16)13-7-15(17(24)20-9-13)21-14-3-2-6-22(10-14)11-23;1-3-4-5-6-2/h4-5,7-9,11,14,21H,2-3,6,10H2,1H3,(H,18,19)(H,20,24);3-4,6H,5H2,1-2H3/b;4-3+. The lowest BCUT2D eigenvalue weighted by molar-refractivity contribution is -0.119. The summed E-state index contributed by atoms with van der Waals surface area (Å²) in [5.41, 5.74) is 2.23. The minimum Gasteiger partial charge on any atom is -0.376 e. The molecule has 0 radical (unpaired) electrons. The highest BCUT2D eigenvalue weighted by Gasteiger charge is 2.19. The Balaban J connectivity index is 0.000000469. The van der Waals surface area contributed by atoms with Crippen molar-refractivity contribution in [1.82, 2.24) is 20.2 Å². The third-order valence-corrected chi connectivity index (χ3v) is 4.77. The largest absolute Gasteiger partial charge is 0.376 e. The molecule has 1 atom stereocenters. The quantitative estimate of drug-likeness (QED) is 0.411. The first kappa shape index (κ1) is 23.2. The first-order valence-corrected chi connectivity index (χ1v) is 10.2. The third-order valence-electron chi connectivity index (χ3n) is 4.77. The van der Waals surface area contributed by atoms with E-state index in [4.69, 9.17) is 0 Å². The maximum atomic E-state index is 12.1. The lowest BCUT2D eigenvalue weighted by Crippen LogP contribution is -2.42. The van der Waals surface area contributed by atoms with E-state index in [1.54, 1.807) is 17.3 Å². The van der Waals surface area contributed by atoms with Gasteiger partial charge in [0.1, 0.15) is 11.5 Å². The molecule has 4 N–H and O–H groups in total. The molecule has 8 heteroatoms. The van der Waals surface area contributed by atoms with Gasteiger partial charge in [0.05, 0.1) is 0 Å². The normalized spacial score (nSPS) is 16.0. The molecule has 3 rings (SSSR count). The number of H-pyrrole nitrogens is 1. The number of likely N-dealkylation sites (N-methyl/N-ethyl adjacent to an activating group) is 1. The summed E-state index contributed by atoms with van der Waals surface area (Å²) in [7, 11) is 3.74. The van der Waals surface area contributed by atoms with E-state index in [0.717, 1.165) is 49.3 Å². The second-order valence-electron chi connectivity index (χ2n) is 7.02. The van der Waals surface area contributed by atoms with Crippen molar-refractivity contribution in [2.45, 2.75) is 25.8 Å². The molecular formula is C22H32N6O2. The smallest absolute Gasteiger partial charge is 0.271 e. The number of allylic oxidation sites excluding steroid dienone is 1. The summed E-state index contributed by atoms with van der Waals surface area (Å²) in [6.07, 6.45) is 10.3. The van der Waals surface area contributed by atoms with E-state index >= 15 is 0 Å². The van der Waals surface area contributed by atoms with E-state index in [1.807, 2.05) is 45.3 Å². The van der Waals surface area contributed by atoms with Crippen LogP contribution in [-0.4, -0.2) is 61.0 Å². The van der Waals surface area contributed by atoms with Crippen LogP contribution in [0.5, 0.6) is 0 Å². The summed E-state index contributed by atoms with van der Waals surface area (Å²) < 4.78 is 0. The predicted octanol–water partition coefficient (Wildman–Crippen LogP) is 2.29. The molecule has 0 aromatic carbocycles. The van der Waals surface area contributed by atoms with E-state index in [1.165, 1.54) is 0 Å². The summed E-state index contributed by atoms with van der Waals surface area (Å²) in [5.74, 6) is 0.766. The van der Waals surface area contributed by atoms with Crippen molar-refractivity contribution >= 4 is 17.9 Å². The summed E-state index contributed by atoms with van der Waals surface area (Å²) in [6.45, 7) is 4.39. The predicted molar refractivity (Wildman–Crippen MR) is 123 cm³/mol. The van der Waals surface area contributed by atoms with Crippen LogP contribution in [0.2, 0.25) is 0 Å². The number of carbonyl (C=O) groups excluding carboxylic acids is 1. The topological polar surface area (TPSA) is 102 Å². The first-order chi connectivity index (χ1) is 14.6. The number of likely N-dealkylation sites (tertiary alicyclic amines) is 1. The monoisotopic (exact) mass is 412 g/mol. The Kier molecular flexibility index (Phi) is 9.60. The number of aromatic nitrogens is 2. The van der Waals surface area contributed by atoms with Gasteiger partial charge in [-0.1, -0.05) is 12.2 Å². The zero-order valence-electron chi connectivity index (χ0n) is 17.9. The van der Waals surface area contributed by atoms with Crippen molar-refractivity contribution in [3.8, 4) is 11.1 Å². The number of pyridine rings is 2. The molecule has 1 aliphatic heterocycles. The Labute approximate surface area is 177 Å². The molecule has 0 saturated carbocycles. The van der Waals surface area contributed by atoms with Crippen LogP contribution in [0.3, 0.4) is 0 Å². The summed E-state index contributed by atoms with van der Waals surface area (Å²) in [4.78, 5) is 31.8. The molecule has 1 unspecified atom stereocenters. The molecule has 162 valence electrons. The number of nitrogens with zero attached hydrogens (tertiary/aromatic N) is 2. The Morgan fingerprint density at radius 2 is 2.13 bits per heavy atom. The van der Waals surface area contributed by atoms with E-state index in [-0.39, 0.29) is 11.6 Å². The molecule has 2 aromatic rings. The van der Waals surface area contributed by atoms with Crippen molar-refractivity contribution in [3.05, 3.63) is 53.1 Å². The number of anilines is 2. The van der Waals surface area contributed by atoms with Gasteiger partial charge in [-0.3, -0.25) is 9.59 Å². The Hall–Kier alpha value is -3.13. The summed E-state index contributed by atoms with van der Waals surface area (Å²) >= 11 is 0. The Bertz CT molecular complexity index is 880. The Morgan fingerprint density at radius 1 is 1.30 bits per heavy atom. The zero-order chi connectivity index (χ0) is 21.8. The number of hydrogen-bond donors (Lipinski definition) is 4. The molecule has 3 heterocycles. The van der Waals surface area contributed by atoms with Gasteiger partial charge in [0.2, 0.25) is 6.41 Å². The van der Waals surface area contributed by atoms with Crippen LogP contribution >= 0.6 is 0 Å². The number of amides is 1. The van der Waals surface area contributed by atoms with E-state index in [9.17, 15) is 9.59 Å². The molecule has 30 heavy (non-hydrogen) atoms. The van der Waals surface area contributed by atoms with E-state index in [2.05, 4.69) is 32.0 Å². The number of carbonyl (C=O) groups is 1. The Morgan fingerprint density at radius 3 is 2.80 bits per heavy atom. The van der Waals surface area contributed by atoms with Crippen LogP contribution in [0.15, 0.2) is 47.5 Å². The highest BCUT2D eigenvalue weighted by molar-refractivity contribution is 5.68. The van der Waals surface area contributed by atoms with Crippen LogP contribution in [0.25, 0.3) is 11.1 Å². The van der Waals surface area contributed by atoms with Gasteiger partial charge < -0.3 is 25.8 Å². The van der Waals surface area contributed by atoms with E-state index < -0.39 is 0 Å². The SMILES string of the molecule is C/C=C/CNC.CNc1cc(-c2c[nH]c(=O)c(NC3CCCN(C=O)C3)c2)ccn1. The van der Waals surface area contributed by atoms with Gasteiger partial charge in [-0.2, -0.15) is 0 Å². The van der Waals surface area contributed by atoms with Gasteiger partial charge in [-0.05, 0) is 50.6 Å². The summed E-state index contributed by atoms with van der Waals surface area (Å²) in [5, 5.41) is 9.26. The minimum atomic E-state index is -0.162. The minimum absolute atomic E-state index is 0.0885.